The molecule has 2 nitrogen and oxygen atoms in total. The highest BCUT2D eigenvalue weighted by Crippen LogP contribution is 2.20. The number of carbonyl (C=O) groups excluding carboxylic acids is 1. The molecule has 0 aromatic heterocycles. The molecule has 11 heavy (non-hydrogen) atoms. The number of hydrogen-bond donors (Lipinski definition) is 1. The first kappa shape index (κ1) is 8.08. The van der Waals surface area contributed by atoms with Crippen molar-refractivity contribution in [3.63, 3.8) is 0 Å². The Kier molecular flexibility index (Phi) is 2.49. The molecule has 0 aliphatic carbocycles. The van der Waals surface area contributed by atoms with Gasteiger partial charge in [-0.1, -0.05) is 11.6 Å². The summed E-state index contributed by atoms with van der Waals surface area (Å²) in [6.07, 6.45) is 0.928. The molecule has 0 bridgehead atoms. The van der Waals surface area contributed by atoms with E-state index in [0.717, 1.165) is 6.29 Å². The normalized spacial score (nSPS) is 9.55. The number of hydrogen-bond acceptors (Lipinski definition) is 2. The van der Waals surface area contributed by atoms with Gasteiger partial charge in [-0.2, -0.15) is 0 Å². The summed E-state index contributed by atoms with van der Waals surface area (Å²) in [5.74, 6) is 0.113. The van der Waals surface area contributed by atoms with Gasteiger partial charge in [0.1, 0.15) is 12.0 Å². The van der Waals surface area contributed by atoms with Crippen molar-refractivity contribution in [3.8, 4) is 5.75 Å². The average Bonchev–Trinajstić information content (AvgIpc) is 1.98. The number of aromatic hydroxyl groups is 1. The Labute approximate surface area is 69.4 Å². The highest BCUT2D eigenvalue weighted by Gasteiger charge is 1.99. The molecule has 1 rings (SSSR count). The maximum Gasteiger partial charge on any atom is 0.124 e. The van der Waals surface area contributed by atoms with E-state index in [9.17, 15) is 4.79 Å². The first-order valence-electron chi connectivity index (χ1n) is 3.15. The first-order chi connectivity index (χ1) is 5.24. The fourth-order valence-corrected chi connectivity index (χ4v) is 1.00. The fraction of sp³-hybridized carbons (Fsp3) is 0.125. The molecule has 0 spiro atoms. The molecule has 0 fully saturated rings. The molecule has 0 atom stereocenters. The summed E-state index contributed by atoms with van der Waals surface area (Å²) in [6.45, 7) is 0. The van der Waals surface area contributed by atoms with E-state index in [1.54, 1.807) is 12.1 Å². The lowest BCUT2D eigenvalue weighted by atomic mass is 10.1. The van der Waals surface area contributed by atoms with Gasteiger partial charge in [0.15, 0.2) is 0 Å². The molecule has 0 radical (unpaired) electrons. The molecule has 1 aromatic rings. The van der Waals surface area contributed by atoms with Crippen LogP contribution in [-0.2, 0) is 11.2 Å². The van der Waals surface area contributed by atoms with Crippen LogP contribution in [0.4, 0.5) is 0 Å². The Morgan fingerprint density at radius 1 is 1.55 bits per heavy atom. The molecule has 1 N–H and O–H groups in total. The minimum Gasteiger partial charge on any atom is -0.508 e. The lowest BCUT2D eigenvalue weighted by Crippen LogP contribution is -1.85. The highest BCUT2D eigenvalue weighted by molar-refractivity contribution is 6.30. The van der Waals surface area contributed by atoms with Crippen LogP contribution in [-0.4, -0.2) is 11.4 Å². The third-order valence-electron chi connectivity index (χ3n) is 1.34. The fourth-order valence-electron chi connectivity index (χ4n) is 0.807. The third-order valence-corrected chi connectivity index (χ3v) is 1.58. The summed E-state index contributed by atoms with van der Waals surface area (Å²) in [7, 11) is 0. The SMILES string of the molecule is O=CCc1cc(Cl)ccc1O. The molecular formula is C8H7ClO2. The van der Waals surface area contributed by atoms with Crippen LogP contribution in [0.5, 0.6) is 5.75 Å². The summed E-state index contributed by atoms with van der Waals surface area (Å²) in [5.41, 5.74) is 0.563. The van der Waals surface area contributed by atoms with Gasteiger partial charge in [-0.25, -0.2) is 0 Å². The van der Waals surface area contributed by atoms with E-state index in [1.807, 2.05) is 0 Å². The Hall–Kier alpha value is -1.02. The van der Waals surface area contributed by atoms with Crippen molar-refractivity contribution in [2.45, 2.75) is 6.42 Å². The van der Waals surface area contributed by atoms with Gasteiger partial charge in [0.2, 0.25) is 0 Å². The molecule has 0 heterocycles. The van der Waals surface area contributed by atoms with Crippen molar-refractivity contribution in [2.75, 3.05) is 0 Å². The van der Waals surface area contributed by atoms with Gasteiger partial charge in [0, 0.05) is 17.0 Å². The van der Waals surface area contributed by atoms with Crippen LogP contribution >= 0.6 is 11.6 Å². The summed E-state index contributed by atoms with van der Waals surface area (Å²) < 4.78 is 0. The molecule has 0 aliphatic heterocycles. The number of halogens is 1. The van der Waals surface area contributed by atoms with Crippen LogP contribution in [0, 0.1) is 0 Å². The van der Waals surface area contributed by atoms with Gasteiger partial charge in [-0.15, -0.1) is 0 Å². The van der Waals surface area contributed by atoms with E-state index in [2.05, 4.69) is 0 Å². The van der Waals surface area contributed by atoms with Crippen molar-refractivity contribution < 1.29 is 9.90 Å². The van der Waals surface area contributed by atoms with Gasteiger partial charge < -0.3 is 9.90 Å². The Morgan fingerprint density at radius 2 is 2.27 bits per heavy atom. The molecule has 0 saturated heterocycles. The topological polar surface area (TPSA) is 37.3 Å². The van der Waals surface area contributed by atoms with Gasteiger partial charge in [-0.3, -0.25) is 0 Å². The largest absolute Gasteiger partial charge is 0.508 e. The van der Waals surface area contributed by atoms with Crippen LogP contribution in [0.1, 0.15) is 5.56 Å². The van der Waals surface area contributed by atoms with Crippen molar-refractivity contribution in [3.05, 3.63) is 28.8 Å². The predicted octanol–water partition coefficient (Wildman–Crippen LogP) is 1.79. The van der Waals surface area contributed by atoms with Gasteiger partial charge in [0.05, 0.1) is 0 Å². The minimum atomic E-state index is 0.113. The maximum atomic E-state index is 10.1. The second kappa shape index (κ2) is 3.39. The predicted molar refractivity (Wildman–Crippen MR) is 42.9 cm³/mol. The smallest absolute Gasteiger partial charge is 0.124 e. The van der Waals surface area contributed by atoms with Crippen LogP contribution < -0.4 is 0 Å². The van der Waals surface area contributed by atoms with Crippen molar-refractivity contribution in [1.82, 2.24) is 0 Å². The second-order valence-corrected chi connectivity index (χ2v) is 2.58. The number of phenolic OH excluding ortho intramolecular Hbond substituents is 1. The number of aldehydes is 1. The summed E-state index contributed by atoms with van der Waals surface area (Å²) in [5, 5.41) is 9.68. The van der Waals surface area contributed by atoms with Crippen LogP contribution in [0.3, 0.4) is 0 Å². The van der Waals surface area contributed by atoms with Crippen LogP contribution in [0.15, 0.2) is 18.2 Å². The number of carbonyl (C=O) groups is 1. The quantitative estimate of drug-likeness (QED) is 0.688. The Bertz CT molecular complexity index is 271. The number of rotatable bonds is 2. The van der Waals surface area contributed by atoms with E-state index in [0.29, 0.717) is 10.6 Å². The zero-order valence-electron chi connectivity index (χ0n) is 5.75. The lowest BCUT2D eigenvalue weighted by molar-refractivity contribution is -0.107. The summed E-state index contributed by atoms with van der Waals surface area (Å²) in [6, 6.07) is 4.62. The highest BCUT2D eigenvalue weighted by atomic mass is 35.5. The lowest BCUT2D eigenvalue weighted by Gasteiger charge is -1.99. The van der Waals surface area contributed by atoms with E-state index >= 15 is 0 Å². The van der Waals surface area contributed by atoms with Crippen molar-refractivity contribution >= 4 is 17.9 Å². The molecule has 1 aromatic carbocycles. The zero-order valence-corrected chi connectivity index (χ0v) is 6.51. The van der Waals surface area contributed by atoms with E-state index in [-0.39, 0.29) is 12.2 Å². The van der Waals surface area contributed by atoms with E-state index in [1.165, 1.54) is 6.07 Å². The monoisotopic (exact) mass is 170 g/mol. The van der Waals surface area contributed by atoms with Crippen molar-refractivity contribution in [1.29, 1.82) is 0 Å². The van der Waals surface area contributed by atoms with Gasteiger partial charge >= 0.3 is 0 Å². The van der Waals surface area contributed by atoms with Gasteiger partial charge in [-0.05, 0) is 18.2 Å². The first-order valence-corrected chi connectivity index (χ1v) is 3.53. The Balaban J connectivity index is 3.01. The molecule has 58 valence electrons. The van der Waals surface area contributed by atoms with Crippen molar-refractivity contribution in [2.24, 2.45) is 0 Å². The van der Waals surface area contributed by atoms with Gasteiger partial charge in [0.25, 0.3) is 0 Å². The maximum absolute atomic E-state index is 10.1. The second-order valence-electron chi connectivity index (χ2n) is 2.14. The van der Waals surface area contributed by atoms with E-state index < -0.39 is 0 Å². The minimum absolute atomic E-state index is 0.113. The summed E-state index contributed by atoms with van der Waals surface area (Å²) in [4.78, 5) is 10.1. The summed E-state index contributed by atoms with van der Waals surface area (Å²) >= 11 is 5.63. The van der Waals surface area contributed by atoms with Crippen LogP contribution in [0.2, 0.25) is 5.02 Å². The molecule has 0 saturated carbocycles. The molecular weight excluding hydrogens is 164 g/mol. The van der Waals surface area contributed by atoms with E-state index in [4.69, 9.17) is 16.7 Å². The average molecular weight is 171 g/mol. The molecule has 0 unspecified atom stereocenters. The standard InChI is InChI=1S/C8H7ClO2/c9-7-1-2-8(11)6(5-7)3-4-10/h1-2,4-5,11H,3H2. The van der Waals surface area contributed by atoms with Crippen LogP contribution in [0.25, 0.3) is 0 Å². The molecule has 0 amide bonds. The molecule has 0 aliphatic rings. The number of benzene rings is 1. The zero-order chi connectivity index (χ0) is 8.27. The molecule has 3 heteroatoms. The number of phenols is 1. The Morgan fingerprint density at radius 3 is 2.91 bits per heavy atom. The third kappa shape index (κ3) is 1.95.